The van der Waals surface area contributed by atoms with Gasteiger partial charge in [-0.2, -0.15) is 0 Å². The fraction of sp³-hybridized carbons (Fsp3) is 0.667. The molecule has 0 saturated heterocycles. The highest BCUT2D eigenvalue weighted by atomic mass is 16.1. The van der Waals surface area contributed by atoms with E-state index in [0.717, 1.165) is 56.1 Å². The fourth-order valence-corrected chi connectivity index (χ4v) is 5.52. The minimum Gasteiger partial charge on any atom is -0.300 e. The van der Waals surface area contributed by atoms with Crippen molar-refractivity contribution in [3.63, 3.8) is 0 Å². The van der Waals surface area contributed by atoms with Crippen LogP contribution in [0.15, 0.2) is 6.07 Å². The van der Waals surface area contributed by atoms with Gasteiger partial charge in [-0.3, -0.25) is 14.4 Å². The van der Waals surface area contributed by atoms with Gasteiger partial charge in [0.15, 0.2) is 5.78 Å². The van der Waals surface area contributed by atoms with Gasteiger partial charge in [-0.15, -0.1) is 0 Å². The monoisotopic (exact) mass is 412 g/mol. The maximum Gasteiger partial charge on any atom is 0.163 e. The number of carbonyl (C=O) groups is 3. The Balaban J connectivity index is 2.30. The number of hydrogen-bond acceptors (Lipinski definition) is 3. The molecule has 3 nitrogen and oxygen atoms in total. The van der Waals surface area contributed by atoms with Crippen LogP contribution in [0, 0.1) is 31.6 Å². The molecule has 1 aromatic carbocycles. The molecule has 1 aromatic rings. The van der Waals surface area contributed by atoms with E-state index in [1.54, 1.807) is 0 Å². The summed E-state index contributed by atoms with van der Waals surface area (Å²) in [5, 5.41) is 0. The predicted molar refractivity (Wildman–Crippen MR) is 123 cm³/mol. The number of rotatable bonds is 11. The van der Waals surface area contributed by atoms with Crippen molar-refractivity contribution in [1.29, 1.82) is 0 Å². The molecule has 0 aliphatic heterocycles. The molecular weight excluding hydrogens is 372 g/mol. The number of ketones is 3. The summed E-state index contributed by atoms with van der Waals surface area (Å²) in [4.78, 5) is 37.4. The third-order valence-electron chi connectivity index (χ3n) is 6.95. The number of Topliss-reactive ketones (excluding diaryl/α,β-unsaturated/α-hetero) is 3. The van der Waals surface area contributed by atoms with Crippen molar-refractivity contribution in [2.24, 2.45) is 17.8 Å². The summed E-state index contributed by atoms with van der Waals surface area (Å²) >= 11 is 0. The van der Waals surface area contributed by atoms with Gasteiger partial charge in [-0.1, -0.05) is 46.1 Å². The van der Waals surface area contributed by atoms with E-state index in [1.807, 2.05) is 0 Å². The Bertz CT molecular complexity index is 790. The highest BCUT2D eigenvalue weighted by Gasteiger charge is 2.34. The number of fused-ring (bicyclic) bond motifs is 1. The smallest absolute Gasteiger partial charge is 0.163 e. The van der Waals surface area contributed by atoms with E-state index in [-0.39, 0.29) is 35.6 Å². The van der Waals surface area contributed by atoms with Crippen molar-refractivity contribution in [2.45, 2.75) is 99.3 Å². The SMILES string of the molecule is CCCc1cc(C)c(C)c2c1CC(CC(CCC)C(CC)C(=O)CC(C)=O)CC2=O. The molecule has 3 unspecified atom stereocenters. The van der Waals surface area contributed by atoms with Gasteiger partial charge < -0.3 is 0 Å². The Kier molecular flexibility index (Phi) is 9.00. The molecule has 0 aromatic heterocycles. The van der Waals surface area contributed by atoms with Crippen LogP contribution in [0.1, 0.15) is 105 Å². The molecule has 2 rings (SSSR count). The van der Waals surface area contributed by atoms with Crippen molar-refractivity contribution in [3.05, 3.63) is 33.9 Å². The summed E-state index contributed by atoms with van der Waals surface area (Å²) in [7, 11) is 0. The Morgan fingerprint density at radius 1 is 1.10 bits per heavy atom. The molecule has 0 N–H and O–H groups in total. The van der Waals surface area contributed by atoms with Gasteiger partial charge in [0, 0.05) is 17.9 Å². The van der Waals surface area contributed by atoms with E-state index in [9.17, 15) is 14.4 Å². The number of aryl methyl sites for hydroxylation is 2. The van der Waals surface area contributed by atoms with Gasteiger partial charge >= 0.3 is 0 Å². The molecule has 0 spiro atoms. The zero-order valence-electron chi connectivity index (χ0n) is 19.9. The zero-order valence-corrected chi connectivity index (χ0v) is 19.9. The second-order valence-corrected chi connectivity index (χ2v) is 9.42. The molecule has 0 saturated carbocycles. The topological polar surface area (TPSA) is 51.2 Å². The zero-order chi connectivity index (χ0) is 22.4. The van der Waals surface area contributed by atoms with Gasteiger partial charge in [0.2, 0.25) is 0 Å². The van der Waals surface area contributed by atoms with Gasteiger partial charge in [0.25, 0.3) is 0 Å². The van der Waals surface area contributed by atoms with Crippen LogP contribution in [-0.4, -0.2) is 17.3 Å². The first-order valence-electron chi connectivity index (χ1n) is 11.9. The van der Waals surface area contributed by atoms with Crippen LogP contribution >= 0.6 is 0 Å². The fourth-order valence-electron chi connectivity index (χ4n) is 5.52. The summed E-state index contributed by atoms with van der Waals surface area (Å²) in [6, 6.07) is 2.28. The van der Waals surface area contributed by atoms with Crippen LogP contribution in [0.25, 0.3) is 0 Å². The maximum atomic E-state index is 13.2. The summed E-state index contributed by atoms with van der Waals surface area (Å²) in [6.45, 7) is 12.1. The minimum atomic E-state index is -0.0692. The van der Waals surface area contributed by atoms with Crippen LogP contribution < -0.4 is 0 Å². The lowest BCUT2D eigenvalue weighted by Gasteiger charge is -2.33. The Morgan fingerprint density at radius 3 is 2.37 bits per heavy atom. The first-order chi connectivity index (χ1) is 14.2. The summed E-state index contributed by atoms with van der Waals surface area (Å²) < 4.78 is 0. The van der Waals surface area contributed by atoms with Crippen molar-refractivity contribution >= 4 is 17.3 Å². The lowest BCUT2D eigenvalue weighted by atomic mass is 9.71. The average Bonchev–Trinajstić information content (AvgIpc) is 2.66. The average molecular weight is 413 g/mol. The molecule has 3 atom stereocenters. The quantitative estimate of drug-likeness (QED) is 0.396. The van der Waals surface area contributed by atoms with Gasteiger partial charge in [0.1, 0.15) is 11.6 Å². The van der Waals surface area contributed by atoms with Crippen molar-refractivity contribution in [1.82, 2.24) is 0 Å². The first-order valence-corrected chi connectivity index (χ1v) is 11.9. The Hall–Kier alpha value is -1.77. The van der Waals surface area contributed by atoms with Gasteiger partial charge in [-0.25, -0.2) is 0 Å². The molecular formula is C27H40O3. The molecule has 0 amide bonds. The molecule has 0 fully saturated rings. The summed E-state index contributed by atoms with van der Waals surface area (Å²) in [6.07, 6.45) is 7.33. The Morgan fingerprint density at radius 2 is 1.80 bits per heavy atom. The molecule has 1 aliphatic rings. The highest BCUT2D eigenvalue weighted by Crippen LogP contribution is 2.38. The Labute approximate surface area is 183 Å². The number of carbonyl (C=O) groups excluding carboxylic acids is 3. The van der Waals surface area contributed by atoms with Crippen molar-refractivity contribution < 1.29 is 14.4 Å². The first kappa shape index (κ1) is 24.5. The third kappa shape index (κ3) is 5.68. The minimum absolute atomic E-state index is 0.0459. The van der Waals surface area contributed by atoms with Gasteiger partial charge in [-0.05, 0) is 80.5 Å². The molecule has 0 radical (unpaired) electrons. The molecule has 3 heteroatoms. The second-order valence-electron chi connectivity index (χ2n) is 9.42. The summed E-state index contributed by atoms with van der Waals surface area (Å²) in [5.74, 6) is 0.791. The van der Waals surface area contributed by atoms with E-state index >= 15 is 0 Å². The van der Waals surface area contributed by atoms with E-state index in [0.29, 0.717) is 12.3 Å². The van der Waals surface area contributed by atoms with Crippen LogP contribution in [0.3, 0.4) is 0 Å². The number of benzene rings is 1. The van der Waals surface area contributed by atoms with E-state index in [4.69, 9.17) is 0 Å². The van der Waals surface area contributed by atoms with Crippen LogP contribution in [-0.2, 0) is 22.4 Å². The molecule has 0 heterocycles. The van der Waals surface area contributed by atoms with Crippen LogP contribution in [0.4, 0.5) is 0 Å². The second kappa shape index (κ2) is 11.0. The van der Waals surface area contributed by atoms with E-state index < -0.39 is 0 Å². The molecule has 0 bridgehead atoms. The lowest BCUT2D eigenvalue weighted by molar-refractivity contribution is -0.129. The third-order valence-corrected chi connectivity index (χ3v) is 6.95. The van der Waals surface area contributed by atoms with Crippen molar-refractivity contribution in [2.75, 3.05) is 0 Å². The van der Waals surface area contributed by atoms with Crippen molar-refractivity contribution in [3.8, 4) is 0 Å². The lowest BCUT2D eigenvalue weighted by Crippen LogP contribution is -2.30. The maximum absolute atomic E-state index is 13.2. The van der Waals surface area contributed by atoms with Crippen LogP contribution in [0.5, 0.6) is 0 Å². The van der Waals surface area contributed by atoms with E-state index in [2.05, 4.69) is 40.7 Å². The largest absolute Gasteiger partial charge is 0.300 e. The predicted octanol–water partition coefficient (Wildman–Crippen LogP) is 6.38. The standard InChI is InChI=1S/C27H40O3/c1-7-10-21-12-17(4)19(6)27-24(21)15-20(16-26(27)30)14-22(11-8-2)23(9-3)25(29)13-18(5)28/h12,20,22-23H,7-11,13-16H2,1-6H3. The van der Waals surface area contributed by atoms with Gasteiger partial charge in [0.05, 0.1) is 6.42 Å². The summed E-state index contributed by atoms with van der Waals surface area (Å²) in [5.41, 5.74) is 5.93. The highest BCUT2D eigenvalue weighted by molar-refractivity contribution is 6.01. The number of hydrogen-bond donors (Lipinski definition) is 0. The van der Waals surface area contributed by atoms with Crippen LogP contribution in [0.2, 0.25) is 0 Å². The normalized spacial score (nSPS) is 18.1. The van der Waals surface area contributed by atoms with E-state index in [1.165, 1.54) is 23.6 Å². The molecule has 166 valence electrons. The molecule has 1 aliphatic carbocycles. The molecule has 30 heavy (non-hydrogen) atoms.